The monoisotopic (exact) mass is 279 g/mol. The Kier molecular flexibility index (Phi) is 4.91. The molecular formula is C13H17N3O4. The molecule has 7 heteroatoms. The van der Waals surface area contributed by atoms with Crippen molar-refractivity contribution < 1.29 is 19.1 Å². The molecule has 1 heterocycles. The van der Waals surface area contributed by atoms with Gasteiger partial charge in [-0.1, -0.05) is 30.3 Å². The first-order valence-corrected chi connectivity index (χ1v) is 6.28. The Labute approximate surface area is 116 Å². The van der Waals surface area contributed by atoms with Gasteiger partial charge < -0.3 is 14.4 Å². The first-order valence-electron chi connectivity index (χ1n) is 6.28. The van der Waals surface area contributed by atoms with Gasteiger partial charge in [-0.25, -0.2) is 10.6 Å². The van der Waals surface area contributed by atoms with E-state index in [1.165, 1.54) is 4.90 Å². The normalized spacial score (nSPS) is 18.4. The van der Waals surface area contributed by atoms with E-state index in [9.17, 15) is 9.59 Å². The minimum Gasteiger partial charge on any atom is -0.445 e. The molecule has 0 unspecified atom stereocenters. The molecule has 108 valence electrons. The van der Waals surface area contributed by atoms with Crippen molar-refractivity contribution in [1.29, 1.82) is 0 Å². The number of nitrogens with two attached hydrogens (primary N) is 1. The summed E-state index contributed by atoms with van der Waals surface area (Å²) in [5.74, 6) is 4.59. The summed E-state index contributed by atoms with van der Waals surface area (Å²) in [4.78, 5) is 24.7. The summed E-state index contributed by atoms with van der Waals surface area (Å²) in [7, 11) is 0. The smallest absolute Gasteiger partial charge is 0.410 e. The molecule has 1 aliphatic rings. The second-order valence-electron chi connectivity index (χ2n) is 4.35. The van der Waals surface area contributed by atoms with Crippen molar-refractivity contribution in [2.75, 3.05) is 19.7 Å². The van der Waals surface area contributed by atoms with Gasteiger partial charge in [-0.05, 0) is 5.56 Å². The van der Waals surface area contributed by atoms with Gasteiger partial charge in [-0.3, -0.25) is 10.2 Å². The highest BCUT2D eigenvalue weighted by Gasteiger charge is 2.29. The van der Waals surface area contributed by atoms with Crippen LogP contribution in [0.15, 0.2) is 30.3 Å². The number of nitrogens with zero attached hydrogens (tertiary/aromatic N) is 1. The Bertz CT molecular complexity index is 466. The van der Waals surface area contributed by atoms with E-state index in [0.29, 0.717) is 6.54 Å². The van der Waals surface area contributed by atoms with Gasteiger partial charge in [-0.15, -0.1) is 0 Å². The molecule has 1 atom stereocenters. The Morgan fingerprint density at radius 3 is 2.85 bits per heavy atom. The largest absolute Gasteiger partial charge is 0.445 e. The second-order valence-corrected chi connectivity index (χ2v) is 4.35. The summed E-state index contributed by atoms with van der Waals surface area (Å²) in [5.41, 5.74) is 2.92. The number of benzene rings is 1. The summed E-state index contributed by atoms with van der Waals surface area (Å²) in [6.45, 7) is 1.00. The van der Waals surface area contributed by atoms with E-state index in [-0.39, 0.29) is 19.8 Å². The molecule has 1 saturated heterocycles. The molecule has 0 saturated carbocycles. The maximum Gasteiger partial charge on any atom is 0.410 e. The molecule has 1 aromatic rings. The average Bonchev–Trinajstić information content (AvgIpc) is 2.53. The zero-order valence-electron chi connectivity index (χ0n) is 11.0. The van der Waals surface area contributed by atoms with Crippen LogP contribution in [-0.4, -0.2) is 42.7 Å². The van der Waals surface area contributed by atoms with E-state index in [2.05, 4.69) is 0 Å². The predicted octanol–water partition coefficient (Wildman–Crippen LogP) is 0.0139. The van der Waals surface area contributed by atoms with Crippen LogP contribution in [0, 0.1) is 0 Å². The van der Waals surface area contributed by atoms with Crippen molar-refractivity contribution in [3.63, 3.8) is 0 Å². The Morgan fingerprint density at radius 2 is 2.15 bits per heavy atom. The van der Waals surface area contributed by atoms with E-state index in [4.69, 9.17) is 15.3 Å². The quantitative estimate of drug-likeness (QED) is 0.462. The average molecular weight is 279 g/mol. The number of hydrogen-bond acceptors (Lipinski definition) is 5. The Hall–Kier alpha value is -2.12. The maximum atomic E-state index is 11.9. The predicted molar refractivity (Wildman–Crippen MR) is 70.3 cm³/mol. The van der Waals surface area contributed by atoms with Crippen molar-refractivity contribution in [2.45, 2.75) is 12.7 Å². The van der Waals surface area contributed by atoms with Gasteiger partial charge >= 0.3 is 6.09 Å². The maximum absolute atomic E-state index is 11.9. The molecule has 2 rings (SSSR count). The molecule has 2 amide bonds. The molecule has 1 aliphatic heterocycles. The molecule has 0 aliphatic carbocycles. The minimum atomic E-state index is -0.752. The van der Waals surface area contributed by atoms with E-state index in [1.54, 1.807) is 0 Å². The lowest BCUT2D eigenvalue weighted by atomic mass is 10.2. The van der Waals surface area contributed by atoms with E-state index in [1.807, 2.05) is 35.8 Å². The zero-order chi connectivity index (χ0) is 14.4. The standard InChI is InChI=1S/C13H17N3O4/c14-15-12(17)11-8-16(6-7-19-11)13(18)20-9-10-4-2-1-3-5-10/h1-5,11H,6-9,14H2,(H,15,17)/t11-/m0/s1. The van der Waals surface area contributed by atoms with Crippen LogP contribution in [0.4, 0.5) is 4.79 Å². The van der Waals surface area contributed by atoms with Crippen LogP contribution in [-0.2, 0) is 20.9 Å². The number of hydrogen-bond donors (Lipinski definition) is 2. The molecule has 20 heavy (non-hydrogen) atoms. The van der Waals surface area contributed by atoms with Crippen LogP contribution in [0.25, 0.3) is 0 Å². The number of ether oxygens (including phenoxy) is 2. The van der Waals surface area contributed by atoms with Crippen molar-refractivity contribution >= 4 is 12.0 Å². The Balaban J connectivity index is 1.84. The lowest BCUT2D eigenvalue weighted by molar-refractivity contribution is -0.137. The molecule has 0 radical (unpaired) electrons. The molecule has 0 bridgehead atoms. The molecule has 1 fully saturated rings. The zero-order valence-corrected chi connectivity index (χ0v) is 11.0. The molecular weight excluding hydrogens is 262 g/mol. The fourth-order valence-corrected chi connectivity index (χ4v) is 1.88. The highest BCUT2D eigenvalue weighted by atomic mass is 16.6. The van der Waals surface area contributed by atoms with E-state index >= 15 is 0 Å². The van der Waals surface area contributed by atoms with Gasteiger partial charge in [0.2, 0.25) is 0 Å². The van der Waals surface area contributed by atoms with E-state index in [0.717, 1.165) is 5.56 Å². The second kappa shape index (κ2) is 6.88. The summed E-state index contributed by atoms with van der Waals surface area (Å²) < 4.78 is 10.4. The summed E-state index contributed by atoms with van der Waals surface area (Å²) in [6, 6.07) is 9.39. The third kappa shape index (κ3) is 3.69. The van der Waals surface area contributed by atoms with Crippen LogP contribution >= 0.6 is 0 Å². The molecule has 3 N–H and O–H groups in total. The topological polar surface area (TPSA) is 93.9 Å². The summed E-state index contributed by atoms with van der Waals surface area (Å²) in [6.07, 6.45) is -1.22. The van der Waals surface area contributed by atoms with Gasteiger partial charge in [0.15, 0.2) is 6.10 Å². The van der Waals surface area contributed by atoms with Crippen LogP contribution in [0.2, 0.25) is 0 Å². The van der Waals surface area contributed by atoms with Gasteiger partial charge in [0.05, 0.1) is 13.2 Å². The SMILES string of the molecule is NNC(=O)[C@@H]1CN(C(=O)OCc2ccccc2)CCO1. The first-order chi connectivity index (χ1) is 9.70. The summed E-state index contributed by atoms with van der Waals surface area (Å²) in [5, 5.41) is 0. The van der Waals surface area contributed by atoms with Crippen LogP contribution in [0.3, 0.4) is 0 Å². The summed E-state index contributed by atoms with van der Waals surface area (Å²) >= 11 is 0. The van der Waals surface area contributed by atoms with Gasteiger partial charge in [0, 0.05) is 6.54 Å². The molecule has 7 nitrogen and oxygen atoms in total. The number of rotatable bonds is 3. The number of amides is 2. The third-order valence-electron chi connectivity index (χ3n) is 2.96. The fraction of sp³-hybridized carbons (Fsp3) is 0.385. The van der Waals surface area contributed by atoms with Crippen LogP contribution in [0.5, 0.6) is 0 Å². The van der Waals surface area contributed by atoms with Gasteiger partial charge in [0.1, 0.15) is 6.61 Å². The number of hydrazine groups is 1. The highest BCUT2D eigenvalue weighted by Crippen LogP contribution is 2.09. The first kappa shape index (κ1) is 14.3. The van der Waals surface area contributed by atoms with Crippen LogP contribution < -0.4 is 11.3 Å². The lowest BCUT2D eigenvalue weighted by Crippen LogP contribution is -2.52. The number of morpholine rings is 1. The molecule has 1 aromatic carbocycles. The van der Waals surface area contributed by atoms with Gasteiger partial charge in [-0.2, -0.15) is 0 Å². The highest BCUT2D eigenvalue weighted by molar-refractivity contribution is 5.81. The van der Waals surface area contributed by atoms with E-state index < -0.39 is 18.1 Å². The van der Waals surface area contributed by atoms with Crippen molar-refractivity contribution in [3.05, 3.63) is 35.9 Å². The van der Waals surface area contributed by atoms with Crippen molar-refractivity contribution in [1.82, 2.24) is 10.3 Å². The van der Waals surface area contributed by atoms with Crippen molar-refractivity contribution in [2.24, 2.45) is 5.84 Å². The Morgan fingerprint density at radius 1 is 1.40 bits per heavy atom. The molecule has 0 aromatic heterocycles. The minimum absolute atomic E-state index is 0.136. The fourth-order valence-electron chi connectivity index (χ4n) is 1.88. The number of carbonyl (C=O) groups excluding carboxylic acids is 2. The molecule has 0 spiro atoms. The number of carbonyl (C=O) groups is 2. The third-order valence-corrected chi connectivity index (χ3v) is 2.96. The van der Waals surface area contributed by atoms with Gasteiger partial charge in [0.25, 0.3) is 5.91 Å². The van der Waals surface area contributed by atoms with Crippen molar-refractivity contribution in [3.8, 4) is 0 Å². The number of nitrogens with one attached hydrogen (secondary N) is 1. The van der Waals surface area contributed by atoms with Crippen LogP contribution in [0.1, 0.15) is 5.56 Å². The lowest BCUT2D eigenvalue weighted by Gasteiger charge is -2.31.